The Morgan fingerprint density at radius 2 is 1.25 bits per heavy atom. The summed E-state index contributed by atoms with van der Waals surface area (Å²) in [6.45, 7) is 2.25. The molecule has 2 N–H and O–H groups in total. The zero-order valence-corrected chi connectivity index (χ0v) is 18.3. The van der Waals surface area contributed by atoms with Gasteiger partial charge < -0.3 is 9.79 Å². The van der Waals surface area contributed by atoms with Crippen molar-refractivity contribution in [3.8, 4) is 0 Å². The molecule has 5 nitrogen and oxygen atoms in total. The van der Waals surface area contributed by atoms with Crippen LogP contribution in [0.3, 0.4) is 0 Å². The van der Waals surface area contributed by atoms with Crippen molar-refractivity contribution in [3.63, 3.8) is 0 Å². The van der Waals surface area contributed by atoms with E-state index in [2.05, 4.69) is 11.6 Å². The molecule has 0 saturated carbocycles. The summed E-state index contributed by atoms with van der Waals surface area (Å²) >= 11 is 0. The van der Waals surface area contributed by atoms with E-state index in [4.69, 9.17) is 14.7 Å². The smallest absolute Gasteiger partial charge is 0.301 e. The van der Waals surface area contributed by atoms with Crippen LogP contribution in [-0.4, -0.2) is 9.79 Å². The minimum Gasteiger partial charge on any atom is -0.301 e. The lowest BCUT2D eigenvalue weighted by molar-refractivity contribution is -0.262. The van der Waals surface area contributed by atoms with Crippen LogP contribution in [-0.2, 0) is 14.1 Å². The van der Waals surface area contributed by atoms with Gasteiger partial charge in [-0.25, -0.2) is 9.45 Å². The number of hydrogen-bond acceptors (Lipinski definition) is 3. The van der Waals surface area contributed by atoms with Gasteiger partial charge in [-0.15, -0.1) is 4.67 Å². The predicted octanol–water partition coefficient (Wildman–Crippen LogP) is 7.25. The molecule has 0 fully saturated rings. The van der Waals surface area contributed by atoms with Crippen molar-refractivity contribution in [1.29, 1.82) is 0 Å². The highest BCUT2D eigenvalue weighted by Gasteiger charge is 2.21. The number of benzene rings is 1. The highest BCUT2D eigenvalue weighted by atomic mass is 31.2. The molecule has 1 atom stereocenters. The number of unbranched alkanes of at least 4 members (excludes halogenated alkanes) is 12. The Balaban J connectivity index is 2.09. The second-order valence-electron chi connectivity index (χ2n) is 7.59. The van der Waals surface area contributed by atoms with E-state index >= 15 is 0 Å². The fraction of sp³-hybridized carbons (Fsp3) is 0.727. The fourth-order valence-electron chi connectivity index (χ4n) is 3.39. The van der Waals surface area contributed by atoms with Crippen molar-refractivity contribution >= 4 is 7.82 Å². The minimum absolute atomic E-state index is 0.457. The van der Waals surface area contributed by atoms with Gasteiger partial charge in [0.2, 0.25) is 0 Å². The molecule has 1 aromatic rings. The molecule has 6 heteroatoms. The van der Waals surface area contributed by atoms with Gasteiger partial charge in [0.05, 0.1) is 0 Å². The molecular weight excluding hydrogens is 375 g/mol. The summed E-state index contributed by atoms with van der Waals surface area (Å²) in [6, 6.07) is 9.43. The highest BCUT2D eigenvalue weighted by Crippen LogP contribution is 2.39. The van der Waals surface area contributed by atoms with Crippen LogP contribution >= 0.6 is 7.82 Å². The van der Waals surface area contributed by atoms with Crippen molar-refractivity contribution in [3.05, 3.63) is 35.9 Å². The highest BCUT2D eigenvalue weighted by molar-refractivity contribution is 7.46. The Bertz CT molecular complexity index is 517. The first-order chi connectivity index (χ1) is 13.5. The quantitative estimate of drug-likeness (QED) is 0.114. The molecule has 1 aromatic carbocycles. The number of phosphoric acid groups is 1. The first-order valence-corrected chi connectivity index (χ1v) is 12.5. The van der Waals surface area contributed by atoms with Crippen LogP contribution in [0.2, 0.25) is 0 Å². The molecule has 0 aromatic heterocycles. The maximum Gasteiger partial charge on any atom is 0.496 e. The molecular formula is C22H39O5P. The minimum atomic E-state index is -4.63. The van der Waals surface area contributed by atoms with E-state index in [1.54, 1.807) is 0 Å². The standard InChI is InChI=1S/C22H39O5P/c1-2-3-4-5-6-7-8-9-10-11-12-13-17-20-22(26-27-28(23,24)25)21-18-15-14-16-19-21/h14-16,18-19,22H,2-13,17,20H2,1H3,(H2,23,24,25). The summed E-state index contributed by atoms with van der Waals surface area (Å²) in [5.41, 5.74) is 0.870. The van der Waals surface area contributed by atoms with Gasteiger partial charge in [-0.3, -0.25) is 0 Å². The van der Waals surface area contributed by atoms with Gasteiger partial charge in [-0.2, -0.15) is 0 Å². The Morgan fingerprint density at radius 3 is 1.71 bits per heavy atom. The Hall–Kier alpha value is -0.710. The molecule has 0 aliphatic heterocycles. The lowest BCUT2D eigenvalue weighted by Gasteiger charge is -2.17. The molecule has 1 rings (SSSR count). The van der Waals surface area contributed by atoms with Gasteiger partial charge in [-0.05, 0) is 12.0 Å². The van der Waals surface area contributed by atoms with Crippen LogP contribution in [0.5, 0.6) is 0 Å². The molecule has 0 aliphatic rings. The summed E-state index contributed by atoms with van der Waals surface area (Å²) in [5.74, 6) is 0. The zero-order valence-electron chi connectivity index (χ0n) is 17.4. The lowest BCUT2D eigenvalue weighted by Crippen LogP contribution is -2.05. The molecule has 0 aliphatic carbocycles. The van der Waals surface area contributed by atoms with E-state index in [0.717, 1.165) is 18.4 Å². The third-order valence-electron chi connectivity index (χ3n) is 5.00. The molecule has 0 saturated heterocycles. The van der Waals surface area contributed by atoms with Gasteiger partial charge in [-0.1, -0.05) is 121 Å². The number of hydrogen-bond donors (Lipinski definition) is 2. The third-order valence-corrected chi connectivity index (χ3v) is 5.28. The van der Waals surface area contributed by atoms with Crippen molar-refractivity contribution in [2.45, 2.75) is 103 Å². The average molecular weight is 415 g/mol. The largest absolute Gasteiger partial charge is 0.496 e. The monoisotopic (exact) mass is 414 g/mol. The van der Waals surface area contributed by atoms with E-state index in [1.165, 1.54) is 70.6 Å². The average Bonchev–Trinajstić information content (AvgIpc) is 2.67. The third kappa shape index (κ3) is 14.3. The van der Waals surface area contributed by atoms with E-state index < -0.39 is 13.9 Å². The zero-order chi connectivity index (χ0) is 20.5. The van der Waals surface area contributed by atoms with Gasteiger partial charge in [0, 0.05) is 0 Å². The summed E-state index contributed by atoms with van der Waals surface area (Å²) in [4.78, 5) is 22.8. The van der Waals surface area contributed by atoms with E-state index in [0.29, 0.717) is 6.42 Å². The van der Waals surface area contributed by atoms with Crippen LogP contribution in [0.1, 0.15) is 108 Å². The Kier molecular flexibility index (Phi) is 14.6. The first kappa shape index (κ1) is 25.3. The molecule has 0 radical (unpaired) electrons. The maximum atomic E-state index is 10.9. The van der Waals surface area contributed by atoms with Gasteiger partial charge in [0.1, 0.15) is 6.10 Å². The second kappa shape index (κ2) is 16.1. The van der Waals surface area contributed by atoms with Crippen molar-refractivity contribution < 1.29 is 23.9 Å². The van der Waals surface area contributed by atoms with Gasteiger partial charge in [0.25, 0.3) is 0 Å². The van der Waals surface area contributed by atoms with Crippen LogP contribution in [0.25, 0.3) is 0 Å². The van der Waals surface area contributed by atoms with Gasteiger partial charge in [0.15, 0.2) is 0 Å². The molecule has 0 bridgehead atoms. The second-order valence-corrected chi connectivity index (χ2v) is 8.72. The Morgan fingerprint density at radius 1 is 0.786 bits per heavy atom. The van der Waals surface area contributed by atoms with E-state index in [1.807, 2.05) is 30.3 Å². The maximum absolute atomic E-state index is 10.9. The van der Waals surface area contributed by atoms with Crippen LogP contribution in [0, 0.1) is 0 Å². The summed E-state index contributed by atoms with van der Waals surface area (Å²) in [5, 5.41) is 0. The first-order valence-electron chi connectivity index (χ1n) is 11.0. The molecule has 162 valence electrons. The van der Waals surface area contributed by atoms with Gasteiger partial charge >= 0.3 is 7.82 Å². The summed E-state index contributed by atoms with van der Waals surface area (Å²) in [6.07, 6.45) is 16.9. The van der Waals surface area contributed by atoms with Crippen LogP contribution in [0.4, 0.5) is 0 Å². The topological polar surface area (TPSA) is 76.0 Å². The van der Waals surface area contributed by atoms with Crippen LogP contribution < -0.4 is 0 Å². The number of rotatable bonds is 18. The fourth-order valence-corrected chi connectivity index (χ4v) is 3.61. The predicted molar refractivity (Wildman–Crippen MR) is 114 cm³/mol. The summed E-state index contributed by atoms with van der Waals surface area (Å²) in [7, 11) is -4.63. The van der Waals surface area contributed by atoms with Crippen molar-refractivity contribution in [1.82, 2.24) is 0 Å². The molecule has 0 amide bonds. The summed E-state index contributed by atoms with van der Waals surface area (Å²) < 4.78 is 15.2. The normalized spacial score (nSPS) is 13.0. The van der Waals surface area contributed by atoms with E-state index in [9.17, 15) is 4.57 Å². The molecule has 1 unspecified atom stereocenters. The van der Waals surface area contributed by atoms with E-state index in [-0.39, 0.29) is 0 Å². The Labute approximate surface area is 171 Å². The van der Waals surface area contributed by atoms with Crippen molar-refractivity contribution in [2.24, 2.45) is 0 Å². The molecule has 0 spiro atoms. The molecule has 0 heterocycles. The lowest BCUT2D eigenvalue weighted by atomic mass is 10.0. The molecule has 28 heavy (non-hydrogen) atoms. The SMILES string of the molecule is CCCCCCCCCCCCCCCC(OOP(=O)(O)O)c1ccccc1. The van der Waals surface area contributed by atoms with Crippen LogP contribution in [0.15, 0.2) is 30.3 Å². The van der Waals surface area contributed by atoms with Crippen molar-refractivity contribution in [2.75, 3.05) is 0 Å².